The van der Waals surface area contributed by atoms with Crippen molar-refractivity contribution in [1.29, 1.82) is 5.53 Å². The summed E-state index contributed by atoms with van der Waals surface area (Å²) in [4.78, 5) is 0.00404. The molecule has 0 aliphatic carbocycles. The molecule has 0 bridgehead atoms. The maximum atomic E-state index is 11.3. The summed E-state index contributed by atoms with van der Waals surface area (Å²) in [5, 5.41) is 17.5. The van der Waals surface area contributed by atoms with Crippen LogP contribution in [0, 0.1) is 5.53 Å². The van der Waals surface area contributed by atoms with Gasteiger partial charge in [-0.25, -0.2) is 13.6 Å². The quantitative estimate of drug-likeness (QED) is 0.121. The molecule has 11 heteroatoms. The van der Waals surface area contributed by atoms with Gasteiger partial charge in [0.25, 0.3) is 0 Å². The predicted octanol–water partition coefficient (Wildman–Crippen LogP) is 4.15. The molecule has 0 fully saturated rings. The second kappa shape index (κ2) is 12.9. The molecule has 1 unspecified atom stereocenters. The molecule has 0 spiro atoms. The Morgan fingerprint density at radius 1 is 1.11 bits per heavy atom. The van der Waals surface area contributed by atoms with Crippen LogP contribution in [0.2, 0.25) is 0 Å². The summed E-state index contributed by atoms with van der Waals surface area (Å²) < 4.78 is 33.7. The van der Waals surface area contributed by atoms with Gasteiger partial charge in [0.1, 0.15) is 5.75 Å². The third-order valence-corrected chi connectivity index (χ3v) is 4.54. The highest BCUT2D eigenvalue weighted by Gasteiger charge is 2.12. The van der Waals surface area contributed by atoms with Crippen molar-refractivity contribution in [3.8, 4) is 5.75 Å². The lowest BCUT2D eigenvalue weighted by Gasteiger charge is -2.18. The zero-order valence-electron chi connectivity index (χ0n) is 15.3. The maximum absolute atomic E-state index is 11.3. The number of nitrogens with one attached hydrogen (secondary N) is 1. The van der Waals surface area contributed by atoms with Crippen molar-refractivity contribution in [2.75, 3.05) is 0 Å². The van der Waals surface area contributed by atoms with Crippen LogP contribution in [0.1, 0.15) is 51.9 Å². The SMILES string of the molecule is CCCCCCCCC(O/C=N/N=N/N=N)Oc1ccc(S(N)(=O)=O)cc1. The van der Waals surface area contributed by atoms with E-state index in [1.807, 2.05) is 0 Å². The molecule has 1 aromatic carbocycles. The topological polar surface area (TPSA) is 152 Å². The van der Waals surface area contributed by atoms with Gasteiger partial charge in [0.05, 0.1) is 4.90 Å². The molecule has 27 heavy (non-hydrogen) atoms. The summed E-state index contributed by atoms with van der Waals surface area (Å²) in [6, 6.07) is 5.75. The van der Waals surface area contributed by atoms with Crippen molar-refractivity contribution in [1.82, 2.24) is 0 Å². The number of nitrogens with two attached hydrogens (primary N) is 1. The minimum absolute atomic E-state index is 0.00404. The van der Waals surface area contributed by atoms with E-state index in [1.54, 1.807) is 0 Å². The zero-order chi connectivity index (χ0) is 20.0. The van der Waals surface area contributed by atoms with Gasteiger partial charge in [-0.1, -0.05) is 44.1 Å². The van der Waals surface area contributed by atoms with E-state index in [4.69, 9.17) is 20.1 Å². The summed E-state index contributed by atoms with van der Waals surface area (Å²) in [7, 11) is -3.75. The Balaban J connectivity index is 2.61. The number of benzene rings is 1. The van der Waals surface area contributed by atoms with E-state index in [9.17, 15) is 8.42 Å². The average Bonchev–Trinajstić information content (AvgIpc) is 2.63. The van der Waals surface area contributed by atoms with Gasteiger partial charge in [-0.15, -0.1) is 0 Å². The van der Waals surface area contributed by atoms with Gasteiger partial charge in [-0.2, -0.15) is 5.53 Å². The number of ether oxygens (including phenoxy) is 2. The summed E-state index contributed by atoms with van der Waals surface area (Å²) in [5.41, 5.74) is 6.47. The molecule has 0 saturated carbocycles. The monoisotopic (exact) mass is 398 g/mol. The first-order chi connectivity index (χ1) is 13.0. The highest BCUT2D eigenvalue weighted by molar-refractivity contribution is 7.89. The molecule has 0 heterocycles. The number of rotatable bonds is 14. The van der Waals surface area contributed by atoms with Crippen LogP contribution in [0.5, 0.6) is 5.75 Å². The van der Waals surface area contributed by atoms with Gasteiger partial charge in [0, 0.05) is 6.42 Å². The number of nitrogens with zero attached hydrogens (tertiary/aromatic N) is 4. The Bertz CT molecular complexity index is 706. The first-order valence-corrected chi connectivity index (χ1v) is 10.2. The highest BCUT2D eigenvalue weighted by atomic mass is 32.2. The van der Waals surface area contributed by atoms with Gasteiger partial charge in [0.2, 0.25) is 22.7 Å². The molecule has 1 aromatic rings. The smallest absolute Gasteiger partial charge is 0.242 e. The number of hydrogen-bond acceptors (Lipinski definition) is 6. The van der Waals surface area contributed by atoms with E-state index < -0.39 is 16.3 Å². The van der Waals surface area contributed by atoms with Crippen molar-refractivity contribution in [3.63, 3.8) is 0 Å². The Labute approximate surface area is 159 Å². The van der Waals surface area contributed by atoms with Gasteiger partial charge < -0.3 is 9.47 Å². The zero-order valence-corrected chi connectivity index (χ0v) is 16.1. The minimum Gasteiger partial charge on any atom is -0.455 e. The third-order valence-electron chi connectivity index (χ3n) is 3.61. The Morgan fingerprint density at radius 2 is 1.78 bits per heavy atom. The highest BCUT2D eigenvalue weighted by Crippen LogP contribution is 2.19. The van der Waals surface area contributed by atoms with Crippen LogP contribution in [-0.2, 0) is 14.8 Å². The molecule has 0 radical (unpaired) electrons. The van der Waals surface area contributed by atoms with Crippen LogP contribution in [0.3, 0.4) is 0 Å². The first-order valence-electron chi connectivity index (χ1n) is 8.70. The van der Waals surface area contributed by atoms with Crippen LogP contribution >= 0.6 is 0 Å². The molecule has 150 valence electrons. The molecule has 1 rings (SSSR count). The van der Waals surface area contributed by atoms with E-state index in [2.05, 4.69) is 27.7 Å². The van der Waals surface area contributed by atoms with Crippen molar-refractivity contribution in [3.05, 3.63) is 24.3 Å². The van der Waals surface area contributed by atoms with Gasteiger partial charge in [-0.3, -0.25) is 0 Å². The second-order valence-electron chi connectivity index (χ2n) is 5.76. The largest absolute Gasteiger partial charge is 0.455 e. The van der Waals surface area contributed by atoms with Gasteiger partial charge in [0.15, 0.2) is 0 Å². The molecule has 0 amide bonds. The molecule has 0 aliphatic heterocycles. The Morgan fingerprint density at radius 3 is 2.41 bits per heavy atom. The summed E-state index contributed by atoms with van der Waals surface area (Å²) in [6.45, 7) is 2.17. The van der Waals surface area contributed by atoms with Crippen LogP contribution in [0.25, 0.3) is 0 Å². The first kappa shape index (κ1) is 22.6. The van der Waals surface area contributed by atoms with Gasteiger partial charge in [-0.05, 0) is 46.4 Å². The summed E-state index contributed by atoms with van der Waals surface area (Å²) in [5.74, 6) is 0.439. The van der Waals surface area contributed by atoms with E-state index in [0.717, 1.165) is 25.7 Å². The molecule has 3 N–H and O–H groups in total. The standard InChI is InChI=1S/C16H26N6O4S/c1-2-3-4-5-6-7-8-16(25-13-19-21-22-20-17)26-14-9-11-15(12-10-14)27(18,23)24/h9-13,16-17H,2-8H2,1H3,(H2,18,23,24)/b19-13+,20-17?,22-21+. The number of primary sulfonamides is 1. The predicted molar refractivity (Wildman–Crippen MR) is 99.8 cm³/mol. The average molecular weight is 398 g/mol. The van der Waals surface area contributed by atoms with Gasteiger partial charge >= 0.3 is 0 Å². The molecular formula is C16H26N6O4S. The lowest BCUT2D eigenvalue weighted by Crippen LogP contribution is -2.20. The van der Waals surface area contributed by atoms with Crippen molar-refractivity contribution in [2.24, 2.45) is 25.9 Å². The normalized spacial score (nSPS) is 13.1. The Hall–Kier alpha value is -2.40. The van der Waals surface area contributed by atoms with E-state index in [0.29, 0.717) is 12.2 Å². The van der Waals surface area contributed by atoms with Crippen LogP contribution in [-0.4, -0.2) is 21.1 Å². The number of hydrogen-bond donors (Lipinski definition) is 2. The third kappa shape index (κ3) is 10.4. The summed E-state index contributed by atoms with van der Waals surface area (Å²) in [6.07, 6.45) is 7.80. The minimum atomic E-state index is -3.75. The van der Waals surface area contributed by atoms with Crippen LogP contribution < -0.4 is 9.88 Å². The van der Waals surface area contributed by atoms with Crippen LogP contribution in [0.15, 0.2) is 49.9 Å². The van der Waals surface area contributed by atoms with E-state index in [1.165, 1.54) is 43.5 Å². The van der Waals surface area contributed by atoms with E-state index >= 15 is 0 Å². The van der Waals surface area contributed by atoms with Crippen LogP contribution in [0.4, 0.5) is 0 Å². The van der Waals surface area contributed by atoms with Crippen molar-refractivity contribution in [2.45, 2.75) is 63.1 Å². The van der Waals surface area contributed by atoms with Crippen molar-refractivity contribution >= 4 is 16.4 Å². The van der Waals surface area contributed by atoms with Crippen molar-refractivity contribution < 1.29 is 17.9 Å². The molecule has 10 nitrogen and oxygen atoms in total. The molecule has 0 aliphatic rings. The maximum Gasteiger partial charge on any atom is 0.242 e. The fourth-order valence-electron chi connectivity index (χ4n) is 2.27. The molecule has 1 atom stereocenters. The van der Waals surface area contributed by atoms with E-state index in [-0.39, 0.29) is 4.90 Å². The lowest BCUT2D eigenvalue weighted by atomic mass is 10.1. The molecule has 0 saturated heterocycles. The number of sulfonamides is 1. The Kier molecular flexibility index (Phi) is 10.8. The fraction of sp³-hybridized carbons (Fsp3) is 0.562. The lowest BCUT2D eigenvalue weighted by molar-refractivity contribution is -0.00746. The molecule has 0 aromatic heterocycles. The molecular weight excluding hydrogens is 372 g/mol. The summed E-state index contributed by atoms with van der Waals surface area (Å²) >= 11 is 0. The number of unbranched alkanes of at least 4 members (excludes halogenated alkanes) is 5. The fourth-order valence-corrected chi connectivity index (χ4v) is 2.78. The second-order valence-corrected chi connectivity index (χ2v) is 7.32.